The number of hydrazone groups is 1. The highest BCUT2D eigenvalue weighted by Gasteiger charge is 2.58. The molecule has 2 atom stereocenters. The fourth-order valence-corrected chi connectivity index (χ4v) is 8.45. The lowest BCUT2D eigenvalue weighted by Gasteiger charge is -2.62. The van der Waals surface area contributed by atoms with E-state index in [-0.39, 0.29) is 17.0 Å². The third kappa shape index (κ3) is 5.62. The summed E-state index contributed by atoms with van der Waals surface area (Å²) in [5.41, 5.74) is 6.54. The fraction of sp³-hybridized carbons (Fsp3) is 0.576. The van der Waals surface area contributed by atoms with Crippen molar-refractivity contribution in [1.82, 2.24) is 10.7 Å². The van der Waals surface area contributed by atoms with Crippen molar-refractivity contribution in [3.05, 3.63) is 65.2 Å². The number of hydrogen-bond donors (Lipinski definition) is 2. The molecule has 202 valence electrons. The SMILES string of the molecule is Cc1ccc(C23C[C@H]4C[C@@H](CC(NC(=O)N/N=C\c5ccc(OC6CCCCCCC6)cc5)(C4)C2)C3)cc1. The number of nitrogens with one attached hydrogen (secondary N) is 2. The number of ether oxygens (including phenoxy) is 1. The van der Waals surface area contributed by atoms with E-state index in [9.17, 15) is 4.79 Å². The van der Waals surface area contributed by atoms with E-state index in [2.05, 4.69) is 47.0 Å². The van der Waals surface area contributed by atoms with Crippen molar-refractivity contribution in [2.24, 2.45) is 16.9 Å². The molecule has 0 aliphatic heterocycles. The molecule has 0 radical (unpaired) electrons. The summed E-state index contributed by atoms with van der Waals surface area (Å²) in [5.74, 6) is 2.32. The summed E-state index contributed by atoms with van der Waals surface area (Å²) in [4.78, 5) is 13.0. The maximum atomic E-state index is 13.0. The summed E-state index contributed by atoms with van der Waals surface area (Å²) >= 11 is 0. The Morgan fingerprint density at radius 2 is 1.55 bits per heavy atom. The molecular formula is C33H43N3O2. The van der Waals surface area contributed by atoms with Gasteiger partial charge >= 0.3 is 6.03 Å². The number of urea groups is 1. The lowest BCUT2D eigenvalue weighted by atomic mass is 9.45. The molecule has 0 aromatic heterocycles. The van der Waals surface area contributed by atoms with E-state index in [0.717, 1.165) is 43.4 Å². The Morgan fingerprint density at radius 3 is 2.24 bits per heavy atom. The predicted octanol–water partition coefficient (Wildman–Crippen LogP) is 7.41. The Hall–Kier alpha value is -2.82. The standard InChI is InChI=1S/C33H43N3O2/c1-24-9-13-28(14-10-24)32-18-26-17-27(19-32)21-33(20-26,23-32)35-31(37)36-34-22-25-11-15-30(16-12-25)38-29-7-5-3-2-4-6-8-29/h9-16,22,26-27,29H,2-8,17-21,23H2,1H3,(H2,35,36,37)/b34-22-/t26-,27-,32?,33?/m1/s1. The van der Waals surface area contributed by atoms with Crippen LogP contribution in [0.25, 0.3) is 0 Å². The molecule has 2 aromatic rings. The zero-order valence-electron chi connectivity index (χ0n) is 22.9. The van der Waals surface area contributed by atoms with Gasteiger partial charge in [-0.25, -0.2) is 10.2 Å². The first-order valence-corrected chi connectivity index (χ1v) is 14.9. The molecule has 5 aliphatic carbocycles. The van der Waals surface area contributed by atoms with Crippen molar-refractivity contribution in [2.45, 2.75) is 107 Å². The number of carbonyl (C=O) groups excluding carboxylic acids is 1. The monoisotopic (exact) mass is 513 g/mol. The third-order valence-corrected chi connectivity index (χ3v) is 9.72. The van der Waals surface area contributed by atoms with Crippen molar-refractivity contribution in [1.29, 1.82) is 0 Å². The first-order chi connectivity index (χ1) is 18.5. The Morgan fingerprint density at radius 1 is 0.895 bits per heavy atom. The molecule has 5 nitrogen and oxygen atoms in total. The minimum Gasteiger partial charge on any atom is -0.490 e. The minimum absolute atomic E-state index is 0.120. The van der Waals surface area contributed by atoms with Gasteiger partial charge < -0.3 is 10.1 Å². The lowest BCUT2D eigenvalue weighted by Crippen LogP contribution is -2.65. The number of amides is 2. The minimum atomic E-state index is -0.188. The van der Waals surface area contributed by atoms with E-state index in [4.69, 9.17) is 4.74 Å². The summed E-state index contributed by atoms with van der Waals surface area (Å²) in [6.07, 6.45) is 17.9. The Labute approximate surface area is 227 Å². The van der Waals surface area contributed by atoms with Gasteiger partial charge in [0, 0.05) is 5.54 Å². The van der Waals surface area contributed by atoms with Crippen LogP contribution in [-0.4, -0.2) is 23.9 Å². The van der Waals surface area contributed by atoms with Crippen LogP contribution in [0.5, 0.6) is 5.75 Å². The average molecular weight is 514 g/mol. The highest BCUT2D eigenvalue weighted by atomic mass is 16.5. The second-order valence-electron chi connectivity index (χ2n) is 12.9. The quantitative estimate of drug-likeness (QED) is 0.312. The largest absolute Gasteiger partial charge is 0.490 e. The van der Waals surface area contributed by atoms with E-state index in [1.165, 1.54) is 62.5 Å². The van der Waals surface area contributed by atoms with Crippen LogP contribution in [-0.2, 0) is 5.41 Å². The van der Waals surface area contributed by atoms with Crippen LogP contribution in [0, 0.1) is 18.8 Å². The topological polar surface area (TPSA) is 62.7 Å². The molecule has 5 heteroatoms. The number of rotatable bonds is 6. The van der Waals surface area contributed by atoms with Gasteiger partial charge in [-0.05, 0) is 124 Å². The molecule has 0 spiro atoms. The van der Waals surface area contributed by atoms with Crippen LogP contribution in [0.2, 0.25) is 0 Å². The van der Waals surface area contributed by atoms with Crippen LogP contribution in [0.4, 0.5) is 4.79 Å². The Bertz CT molecular complexity index is 1120. The summed E-state index contributed by atoms with van der Waals surface area (Å²) < 4.78 is 6.24. The number of nitrogens with zero attached hydrogens (tertiary/aromatic N) is 1. The first-order valence-electron chi connectivity index (χ1n) is 14.9. The first kappa shape index (κ1) is 25.5. The molecule has 5 saturated carbocycles. The van der Waals surface area contributed by atoms with Crippen molar-refractivity contribution >= 4 is 12.2 Å². The van der Waals surface area contributed by atoms with Crippen LogP contribution in [0.15, 0.2) is 53.6 Å². The van der Waals surface area contributed by atoms with E-state index in [1.54, 1.807) is 6.21 Å². The molecule has 5 aliphatic rings. The fourth-order valence-electron chi connectivity index (χ4n) is 8.45. The number of benzene rings is 2. The second kappa shape index (κ2) is 10.7. The molecular weight excluding hydrogens is 470 g/mol. The maximum absolute atomic E-state index is 13.0. The van der Waals surface area contributed by atoms with E-state index >= 15 is 0 Å². The molecule has 38 heavy (non-hydrogen) atoms. The van der Waals surface area contributed by atoms with Crippen molar-refractivity contribution in [2.75, 3.05) is 0 Å². The second-order valence-corrected chi connectivity index (χ2v) is 12.9. The van der Waals surface area contributed by atoms with Gasteiger partial charge in [0.1, 0.15) is 5.75 Å². The molecule has 2 amide bonds. The van der Waals surface area contributed by atoms with E-state index in [0.29, 0.717) is 17.9 Å². The average Bonchev–Trinajstić information content (AvgIpc) is 2.86. The van der Waals surface area contributed by atoms with Crippen LogP contribution >= 0.6 is 0 Å². The van der Waals surface area contributed by atoms with Crippen LogP contribution in [0.1, 0.15) is 100 Å². The van der Waals surface area contributed by atoms with Gasteiger partial charge in [0.05, 0.1) is 12.3 Å². The van der Waals surface area contributed by atoms with Gasteiger partial charge in [-0.15, -0.1) is 0 Å². The highest BCUT2D eigenvalue weighted by molar-refractivity contribution is 5.82. The van der Waals surface area contributed by atoms with Crippen molar-refractivity contribution in [3.63, 3.8) is 0 Å². The Balaban J connectivity index is 1.04. The van der Waals surface area contributed by atoms with Gasteiger partial charge in [-0.2, -0.15) is 5.10 Å². The third-order valence-electron chi connectivity index (χ3n) is 9.72. The van der Waals surface area contributed by atoms with Crippen molar-refractivity contribution in [3.8, 4) is 5.75 Å². The van der Waals surface area contributed by atoms with Crippen LogP contribution in [0.3, 0.4) is 0 Å². The molecule has 5 fully saturated rings. The number of carbonyl (C=O) groups is 1. The molecule has 0 unspecified atom stereocenters. The van der Waals surface area contributed by atoms with E-state index < -0.39 is 0 Å². The lowest BCUT2D eigenvalue weighted by molar-refractivity contribution is -0.0349. The molecule has 7 rings (SSSR count). The molecule has 2 N–H and O–H groups in total. The molecule has 0 saturated heterocycles. The number of hydrogen-bond acceptors (Lipinski definition) is 3. The van der Waals surface area contributed by atoms with Gasteiger partial charge in [0.25, 0.3) is 0 Å². The molecule has 4 bridgehead atoms. The maximum Gasteiger partial charge on any atom is 0.335 e. The smallest absolute Gasteiger partial charge is 0.335 e. The Kier molecular flexibility index (Phi) is 7.20. The molecule has 2 aromatic carbocycles. The van der Waals surface area contributed by atoms with Gasteiger partial charge in [0.15, 0.2) is 0 Å². The van der Waals surface area contributed by atoms with E-state index in [1.807, 2.05) is 24.3 Å². The zero-order chi connectivity index (χ0) is 26.0. The summed E-state index contributed by atoms with van der Waals surface area (Å²) in [7, 11) is 0. The van der Waals surface area contributed by atoms with Crippen molar-refractivity contribution < 1.29 is 9.53 Å². The predicted molar refractivity (Wildman–Crippen MR) is 153 cm³/mol. The van der Waals surface area contributed by atoms with Crippen LogP contribution < -0.4 is 15.5 Å². The highest BCUT2D eigenvalue weighted by Crippen LogP contribution is 2.62. The number of aryl methyl sites for hydroxylation is 1. The van der Waals surface area contributed by atoms with Gasteiger partial charge in [-0.1, -0.05) is 49.1 Å². The summed E-state index contributed by atoms with van der Waals surface area (Å²) in [5, 5.41) is 7.66. The van der Waals surface area contributed by atoms with Gasteiger partial charge in [-0.3, -0.25) is 0 Å². The summed E-state index contributed by atoms with van der Waals surface area (Å²) in [6.45, 7) is 2.15. The molecule has 0 heterocycles. The zero-order valence-corrected chi connectivity index (χ0v) is 22.9. The summed E-state index contributed by atoms with van der Waals surface area (Å²) in [6, 6.07) is 17.0. The normalized spacial score (nSPS) is 31.1. The van der Waals surface area contributed by atoms with Gasteiger partial charge in [0.2, 0.25) is 0 Å².